The van der Waals surface area contributed by atoms with E-state index in [1.54, 1.807) is 23.0 Å². The zero-order valence-electron chi connectivity index (χ0n) is 13.5. The molecule has 2 rings (SSSR count). The molecule has 0 aliphatic rings. The molecule has 0 unspecified atom stereocenters. The molecule has 120 valence electrons. The Hall–Kier alpha value is -1.53. The third-order valence-corrected chi connectivity index (χ3v) is 5.14. The molecule has 1 heterocycles. The first-order chi connectivity index (χ1) is 10.3. The molecule has 0 aliphatic carbocycles. The molecule has 6 heteroatoms. The van der Waals surface area contributed by atoms with E-state index >= 15 is 0 Å². The van der Waals surface area contributed by atoms with Crippen molar-refractivity contribution in [2.24, 2.45) is 0 Å². The molecule has 0 saturated heterocycles. The number of rotatable bonds is 6. The lowest BCUT2D eigenvalue weighted by molar-refractivity contribution is 0.0786. The number of halogens is 2. The van der Waals surface area contributed by atoms with Gasteiger partial charge in [-0.25, -0.2) is 13.5 Å². The van der Waals surface area contributed by atoms with Gasteiger partial charge >= 0.3 is 0 Å². The summed E-state index contributed by atoms with van der Waals surface area (Å²) in [4.78, 5) is 0. The van der Waals surface area contributed by atoms with Crippen LogP contribution in [-0.2, 0) is 11.5 Å². The van der Waals surface area contributed by atoms with Gasteiger partial charge < -0.3 is 4.74 Å². The average molecular weight is 324 g/mol. The highest BCUT2D eigenvalue weighted by molar-refractivity contribution is 6.76. The predicted molar refractivity (Wildman–Crippen MR) is 86.4 cm³/mol. The summed E-state index contributed by atoms with van der Waals surface area (Å²) >= 11 is 0. The summed E-state index contributed by atoms with van der Waals surface area (Å²) < 4.78 is 34.8. The van der Waals surface area contributed by atoms with Crippen molar-refractivity contribution in [3.63, 3.8) is 0 Å². The zero-order valence-corrected chi connectivity index (χ0v) is 14.5. The Bertz CT molecular complexity index is 650. The number of aromatic nitrogens is 2. The molecule has 2 aromatic rings. The van der Waals surface area contributed by atoms with Gasteiger partial charge in [-0.1, -0.05) is 31.8 Å². The van der Waals surface area contributed by atoms with Crippen LogP contribution in [0.4, 0.5) is 8.78 Å². The Labute approximate surface area is 130 Å². The van der Waals surface area contributed by atoms with Gasteiger partial charge in [-0.3, -0.25) is 0 Å². The van der Waals surface area contributed by atoms with Gasteiger partial charge in [-0.2, -0.15) is 5.10 Å². The minimum Gasteiger partial charge on any atom is -0.360 e. The van der Waals surface area contributed by atoms with Crippen LogP contribution in [0, 0.1) is 18.6 Å². The van der Waals surface area contributed by atoms with Crippen molar-refractivity contribution in [1.29, 1.82) is 0 Å². The maximum atomic E-state index is 14.0. The summed E-state index contributed by atoms with van der Waals surface area (Å²) in [5.41, 5.74) is 1.06. The first-order valence-corrected chi connectivity index (χ1v) is 11.0. The fraction of sp³-hybridized carbons (Fsp3) is 0.438. The standard InChI is InChI=1S/C16H22F2N2OSi/c1-12-5-6-14(16(18)15(12)17)13-9-19-20(10-13)11-21-7-8-22(2,3)4/h5-6,9-10H,7-8,11H2,1-4H3. The Morgan fingerprint density at radius 2 is 1.91 bits per heavy atom. The van der Waals surface area contributed by atoms with Gasteiger partial charge in [0.15, 0.2) is 11.6 Å². The average Bonchev–Trinajstić information content (AvgIpc) is 2.89. The minimum absolute atomic E-state index is 0.219. The summed E-state index contributed by atoms with van der Waals surface area (Å²) in [6, 6.07) is 4.22. The van der Waals surface area contributed by atoms with Crippen molar-refractivity contribution in [3.05, 3.63) is 41.7 Å². The first-order valence-electron chi connectivity index (χ1n) is 7.33. The maximum Gasteiger partial charge on any atom is 0.167 e. The van der Waals surface area contributed by atoms with Crippen LogP contribution < -0.4 is 0 Å². The van der Waals surface area contributed by atoms with E-state index in [1.165, 1.54) is 13.1 Å². The fourth-order valence-electron chi connectivity index (χ4n) is 1.98. The molecular formula is C16H22F2N2OSi. The van der Waals surface area contributed by atoms with Crippen LogP contribution >= 0.6 is 0 Å². The highest BCUT2D eigenvalue weighted by Crippen LogP contribution is 2.25. The van der Waals surface area contributed by atoms with Crippen molar-refractivity contribution >= 4 is 8.07 Å². The second-order valence-electron chi connectivity index (χ2n) is 6.67. The van der Waals surface area contributed by atoms with Crippen molar-refractivity contribution in [2.45, 2.75) is 39.3 Å². The molecule has 0 atom stereocenters. The summed E-state index contributed by atoms with van der Waals surface area (Å²) in [5.74, 6) is -1.64. The Morgan fingerprint density at radius 1 is 1.18 bits per heavy atom. The summed E-state index contributed by atoms with van der Waals surface area (Å²) in [6.45, 7) is 9.42. The van der Waals surface area contributed by atoms with E-state index in [2.05, 4.69) is 24.7 Å². The van der Waals surface area contributed by atoms with Crippen LogP contribution in [0.15, 0.2) is 24.5 Å². The smallest absolute Gasteiger partial charge is 0.167 e. The quantitative estimate of drug-likeness (QED) is 0.580. The van der Waals surface area contributed by atoms with Gasteiger partial charge in [0.05, 0.1) is 6.20 Å². The molecule has 0 bridgehead atoms. The first kappa shape index (κ1) is 16.8. The minimum atomic E-state index is -1.11. The second kappa shape index (κ2) is 6.70. The molecule has 0 saturated carbocycles. The van der Waals surface area contributed by atoms with E-state index in [4.69, 9.17) is 4.74 Å². The Balaban J connectivity index is 2.02. The van der Waals surface area contributed by atoms with Crippen LogP contribution in [0.5, 0.6) is 0 Å². The third-order valence-electron chi connectivity index (χ3n) is 3.44. The fourth-order valence-corrected chi connectivity index (χ4v) is 2.74. The lowest BCUT2D eigenvalue weighted by Crippen LogP contribution is -2.22. The molecule has 0 aliphatic heterocycles. The molecule has 1 aromatic heterocycles. The molecule has 1 aromatic carbocycles. The Kier molecular flexibility index (Phi) is 5.13. The molecule has 3 nitrogen and oxygen atoms in total. The van der Waals surface area contributed by atoms with E-state index in [0.717, 1.165) is 6.04 Å². The van der Waals surface area contributed by atoms with Crippen molar-refractivity contribution < 1.29 is 13.5 Å². The molecular weight excluding hydrogens is 302 g/mol. The van der Waals surface area contributed by atoms with Crippen molar-refractivity contribution in [3.8, 4) is 11.1 Å². The number of benzene rings is 1. The largest absolute Gasteiger partial charge is 0.360 e. The van der Waals surface area contributed by atoms with Gasteiger partial charge in [0.1, 0.15) is 6.73 Å². The van der Waals surface area contributed by atoms with E-state index in [1.807, 2.05) is 0 Å². The van der Waals surface area contributed by atoms with Gasteiger partial charge in [-0.15, -0.1) is 0 Å². The van der Waals surface area contributed by atoms with Crippen LogP contribution in [0.3, 0.4) is 0 Å². The van der Waals surface area contributed by atoms with Gasteiger partial charge in [0.2, 0.25) is 0 Å². The number of aryl methyl sites for hydroxylation is 1. The van der Waals surface area contributed by atoms with Crippen LogP contribution in [0.2, 0.25) is 25.7 Å². The van der Waals surface area contributed by atoms with E-state index < -0.39 is 19.7 Å². The number of hydrogen-bond donors (Lipinski definition) is 0. The van der Waals surface area contributed by atoms with Crippen LogP contribution in [-0.4, -0.2) is 24.5 Å². The van der Waals surface area contributed by atoms with E-state index in [0.29, 0.717) is 24.5 Å². The molecule has 0 fully saturated rings. The highest BCUT2D eigenvalue weighted by atomic mass is 28.3. The lowest BCUT2D eigenvalue weighted by atomic mass is 10.1. The van der Waals surface area contributed by atoms with Gasteiger partial charge in [-0.05, 0) is 18.5 Å². The third kappa shape index (κ3) is 4.24. The molecule has 0 spiro atoms. The molecule has 0 amide bonds. The van der Waals surface area contributed by atoms with E-state index in [9.17, 15) is 8.78 Å². The highest BCUT2D eigenvalue weighted by Gasteiger charge is 2.14. The maximum absolute atomic E-state index is 14.0. The van der Waals surface area contributed by atoms with Gasteiger partial charge in [0, 0.05) is 32.0 Å². The van der Waals surface area contributed by atoms with Gasteiger partial charge in [0.25, 0.3) is 0 Å². The molecule has 0 radical (unpaired) electrons. The summed E-state index contributed by atoms with van der Waals surface area (Å²) in [6.07, 6.45) is 3.19. The molecule has 22 heavy (non-hydrogen) atoms. The van der Waals surface area contributed by atoms with Crippen molar-refractivity contribution in [2.75, 3.05) is 6.61 Å². The number of hydrogen-bond acceptors (Lipinski definition) is 2. The summed E-state index contributed by atoms with van der Waals surface area (Å²) in [5, 5.41) is 4.13. The van der Waals surface area contributed by atoms with Crippen molar-refractivity contribution in [1.82, 2.24) is 9.78 Å². The SMILES string of the molecule is Cc1ccc(-c2cnn(COCC[Si](C)(C)C)c2)c(F)c1F. The van der Waals surface area contributed by atoms with E-state index in [-0.39, 0.29) is 5.56 Å². The summed E-state index contributed by atoms with van der Waals surface area (Å²) in [7, 11) is -1.11. The van der Waals surface area contributed by atoms with Crippen LogP contribution in [0.25, 0.3) is 11.1 Å². The molecule has 0 N–H and O–H groups in total. The predicted octanol–water partition coefficient (Wildman–Crippen LogP) is 4.45. The topological polar surface area (TPSA) is 27.1 Å². The van der Waals surface area contributed by atoms with Crippen LogP contribution in [0.1, 0.15) is 5.56 Å². The monoisotopic (exact) mass is 324 g/mol. The lowest BCUT2D eigenvalue weighted by Gasteiger charge is -2.15. The number of nitrogens with zero attached hydrogens (tertiary/aromatic N) is 2. The zero-order chi connectivity index (χ0) is 16.3. The second-order valence-corrected chi connectivity index (χ2v) is 12.3. The normalized spacial score (nSPS) is 11.9. The Morgan fingerprint density at radius 3 is 2.59 bits per heavy atom. The number of ether oxygens (including phenoxy) is 1.